The molecule has 0 aliphatic carbocycles. The van der Waals surface area contributed by atoms with E-state index in [1.165, 1.54) is 0 Å². The summed E-state index contributed by atoms with van der Waals surface area (Å²) < 4.78 is 0. The van der Waals surface area contributed by atoms with Gasteiger partial charge in [0, 0.05) is 13.1 Å². The van der Waals surface area contributed by atoms with E-state index in [-0.39, 0.29) is 12.5 Å². The van der Waals surface area contributed by atoms with Gasteiger partial charge in [0.25, 0.3) is 0 Å². The van der Waals surface area contributed by atoms with Crippen LogP contribution in [0, 0.1) is 0 Å². The number of rotatable bonds is 9. The number of carbonyl (C=O) groups is 2. The number of carbonyl (C=O) groups excluding carboxylic acids is 1. The number of amides is 1. The smallest absolute Gasteiger partial charge is 0.326 e. The minimum absolute atomic E-state index is 0.0975. The first-order valence-corrected chi connectivity index (χ1v) is 6.43. The average Bonchev–Trinajstić information content (AvgIpc) is 2.24. The fourth-order valence-electron chi connectivity index (χ4n) is 1.04. The molecule has 0 aromatic carbocycles. The molecule has 0 saturated carbocycles. The second kappa shape index (κ2) is 9.44. The van der Waals surface area contributed by atoms with Crippen LogP contribution in [0.3, 0.4) is 0 Å². The number of hydrogen-bond acceptors (Lipinski definition) is 5. The Bertz CT molecular complexity index is 226. The molecule has 6 nitrogen and oxygen atoms in total. The normalized spacial score (nSPS) is 12.1. The zero-order valence-corrected chi connectivity index (χ0v) is 10.2. The second-order valence-corrected chi connectivity index (χ2v) is 4.19. The standard InChI is InChI=1S/C9H19N3O3S/c1-16-5-2-7(9(14)15)12-8(13)6-11-4-3-10/h7,11H,2-6,10H2,1H3,(H,12,13)(H,14,15). The molecule has 0 rings (SSSR count). The molecule has 0 saturated heterocycles. The quantitative estimate of drug-likeness (QED) is 0.385. The van der Waals surface area contributed by atoms with Gasteiger partial charge in [-0.3, -0.25) is 4.79 Å². The lowest BCUT2D eigenvalue weighted by Crippen LogP contribution is -2.45. The van der Waals surface area contributed by atoms with Gasteiger partial charge in [-0.1, -0.05) is 0 Å². The van der Waals surface area contributed by atoms with E-state index < -0.39 is 12.0 Å². The number of thioether (sulfide) groups is 1. The number of carboxylic acids is 1. The fourth-order valence-corrected chi connectivity index (χ4v) is 1.51. The van der Waals surface area contributed by atoms with Crippen LogP contribution >= 0.6 is 11.8 Å². The molecule has 5 N–H and O–H groups in total. The van der Waals surface area contributed by atoms with Crippen molar-refractivity contribution >= 4 is 23.6 Å². The highest BCUT2D eigenvalue weighted by Crippen LogP contribution is 2.00. The maximum absolute atomic E-state index is 11.3. The van der Waals surface area contributed by atoms with E-state index in [1.807, 2.05) is 6.26 Å². The summed E-state index contributed by atoms with van der Waals surface area (Å²) in [6.07, 6.45) is 2.32. The molecule has 1 unspecified atom stereocenters. The number of carboxylic acid groups (broad SMARTS) is 1. The molecule has 0 aromatic rings. The zero-order valence-electron chi connectivity index (χ0n) is 9.36. The van der Waals surface area contributed by atoms with Gasteiger partial charge in [-0.15, -0.1) is 0 Å². The minimum Gasteiger partial charge on any atom is -0.480 e. The first kappa shape index (κ1) is 15.2. The Morgan fingerprint density at radius 1 is 1.50 bits per heavy atom. The molecule has 0 heterocycles. The van der Waals surface area contributed by atoms with Crippen molar-refractivity contribution < 1.29 is 14.7 Å². The Labute approximate surface area is 99.3 Å². The highest BCUT2D eigenvalue weighted by Gasteiger charge is 2.18. The zero-order chi connectivity index (χ0) is 12.4. The van der Waals surface area contributed by atoms with E-state index in [4.69, 9.17) is 10.8 Å². The van der Waals surface area contributed by atoms with Crippen LogP contribution in [0.2, 0.25) is 0 Å². The predicted molar refractivity (Wildman–Crippen MR) is 64.5 cm³/mol. The monoisotopic (exact) mass is 249 g/mol. The molecule has 0 aliphatic heterocycles. The van der Waals surface area contributed by atoms with Crippen molar-refractivity contribution in [3.63, 3.8) is 0 Å². The van der Waals surface area contributed by atoms with Crippen LogP contribution in [-0.4, -0.2) is 54.7 Å². The molecular weight excluding hydrogens is 230 g/mol. The lowest BCUT2D eigenvalue weighted by molar-refractivity contribution is -0.141. The molecule has 1 atom stereocenters. The number of nitrogens with two attached hydrogens (primary N) is 1. The predicted octanol–water partition coefficient (Wildman–Crippen LogP) is -1.14. The van der Waals surface area contributed by atoms with Crippen molar-refractivity contribution in [2.24, 2.45) is 5.73 Å². The SMILES string of the molecule is CSCCC(NC(=O)CNCCN)C(=O)O. The molecule has 0 aromatic heterocycles. The van der Waals surface area contributed by atoms with Crippen LogP contribution in [0.15, 0.2) is 0 Å². The van der Waals surface area contributed by atoms with E-state index >= 15 is 0 Å². The lowest BCUT2D eigenvalue weighted by Gasteiger charge is -2.14. The summed E-state index contributed by atoms with van der Waals surface area (Å²) in [4.78, 5) is 22.1. The van der Waals surface area contributed by atoms with Gasteiger partial charge in [0.05, 0.1) is 6.54 Å². The largest absolute Gasteiger partial charge is 0.480 e. The van der Waals surface area contributed by atoms with E-state index in [0.29, 0.717) is 25.3 Å². The van der Waals surface area contributed by atoms with Gasteiger partial charge in [-0.05, 0) is 18.4 Å². The molecular formula is C9H19N3O3S. The molecule has 0 spiro atoms. The van der Waals surface area contributed by atoms with Gasteiger partial charge >= 0.3 is 5.97 Å². The number of hydrogen-bond donors (Lipinski definition) is 4. The molecule has 0 radical (unpaired) electrons. The Morgan fingerprint density at radius 2 is 2.19 bits per heavy atom. The number of nitrogens with one attached hydrogen (secondary N) is 2. The van der Waals surface area contributed by atoms with E-state index in [1.54, 1.807) is 11.8 Å². The molecule has 1 amide bonds. The van der Waals surface area contributed by atoms with Gasteiger partial charge in [-0.2, -0.15) is 11.8 Å². The fraction of sp³-hybridized carbons (Fsp3) is 0.778. The molecule has 0 fully saturated rings. The third-order valence-electron chi connectivity index (χ3n) is 1.85. The van der Waals surface area contributed by atoms with Gasteiger partial charge < -0.3 is 21.5 Å². The van der Waals surface area contributed by atoms with Crippen LogP contribution in [0.4, 0.5) is 0 Å². The van der Waals surface area contributed by atoms with Crippen molar-refractivity contribution in [3.05, 3.63) is 0 Å². The first-order chi connectivity index (χ1) is 7.61. The number of aliphatic carboxylic acids is 1. The summed E-state index contributed by atoms with van der Waals surface area (Å²) in [7, 11) is 0. The Hall–Kier alpha value is -0.790. The third kappa shape index (κ3) is 7.49. The van der Waals surface area contributed by atoms with E-state index in [9.17, 15) is 9.59 Å². The lowest BCUT2D eigenvalue weighted by atomic mass is 10.2. The molecule has 0 bridgehead atoms. The van der Waals surface area contributed by atoms with Crippen LogP contribution in [0.1, 0.15) is 6.42 Å². The first-order valence-electron chi connectivity index (χ1n) is 5.03. The average molecular weight is 249 g/mol. The molecule has 16 heavy (non-hydrogen) atoms. The topological polar surface area (TPSA) is 104 Å². The van der Waals surface area contributed by atoms with Crippen LogP contribution < -0.4 is 16.4 Å². The maximum Gasteiger partial charge on any atom is 0.326 e. The van der Waals surface area contributed by atoms with Gasteiger partial charge in [0.2, 0.25) is 5.91 Å². The highest BCUT2D eigenvalue weighted by atomic mass is 32.2. The van der Waals surface area contributed by atoms with Crippen molar-refractivity contribution in [1.82, 2.24) is 10.6 Å². The summed E-state index contributed by atoms with van der Waals surface area (Å²) in [5.41, 5.74) is 5.24. The molecule has 0 aliphatic rings. The Kier molecular flexibility index (Phi) is 8.97. The summed E-state index contributed by atoms with van der Waals surface area (Å²) in [5.74, 6) is -0.615. The summed E-state index contributed by atoms with van der Waals surface area (Å²) in [6.45, 7) is 1.08. The Morgan fingerprint density at radius 3 is 2.69 bits per heavy atom. The highest BCUT2D eigenvalue weighted by molar-refractivity contribution is 7.98. The van der Waals surface area contributed by atoms with E-state index in [0.717, 1.165) is 0 Å². The minimum atomic E-state index is -0.999. The van der Waals surface area contributed by atoms with Crippen LogP contribution in [-0.2, 0) is 9.59 Å². The summed E-state index contributed by atoms with van der Waals surface area (Å²) in [6, 6.07) is -0.806. The van der Waals surface area contributed by atoms with Crippen molar-refractivity contribution in [3.8, 4) is 0 Å². The van der Waals surface area contributed by atoms with Crippen LogP contribution in [0.25, 0.3) is 0 Å². The van der Waals surface area contributed by atoms with E-state index in [2.05, 4.69) is 10.6 Å². The summed E-state index contributed by atoms with van der Waals surface area (Å²) in [5, 5.41) is 14.1. The van der Waals surface area contributed by atoms with Crippen molar-refractivity contribution in [2.75, 3.05) is 31.6 Å². The Balaban J connectivity index is 3.88. The summed E-state index contributed by atoms with van der Waals surface area (Å²) >= 11 is 1.55. The van der Waals surface area contributed by atoms with Gasteiger partial charge in [0.1, 0.15) is 6.04 Å². The third-order valence-corrected chi connectivity index (χ3v) is 2.49. The van der Waals surface area contributed by atoms with Crippen molar-refractivity contribution in [1.29, 1.82) is 0 Å². The van der Waals surface area contributed by atoms with Crippen molar-refractivity contribution in [2.45, 2.75) is 12.5 Å². The van der Waals surface area contributed by atoms with Gasteiger partial charge in [0.15, 0.2) is 0 Å². The van der Waals surface area contributed by atoms with Gasteiger partial charge in [-0.25, -0.2) is 4.79 Å². The van der Waals surface area contributed by atoms with Crippen LogP contribution in [0.5, 0.6) is 0 Å². The molecule has 7 heteroatoms. The molecule has 94 valence electrons. The second-order valence-electron chi connectivity index (χ2n) is 3.21. The maximum atomic E-state index is 11.3.